The number of ether oxygens (including phenoxy) is 1. The van der Waals surface area contributed by atoms with E-state index < -0.39 is 23.5 Å². The van der Waals surface area contributed by atoms with Crippen molar-refractivity contribution >= 4 is 28.0 Å². The van der Waals surface area contributed by atoms with E-state index in [1.54, 1.807) is 30.3 Å². The molecule has 3 aromatic rings. The number of alkyl halides is 3. The first-order valence-corrected chi connectivity index (χ1v) is 6.57. The van der Waals surface area contributed by atoms with Crippen LogP contribution in [0.5, 0.6) is 0 Å². The van der Waals surface area contributed by atoms with Crippen molar-refractivity contribution in [2.45, 2.75) is 6.18 Å². The van der Waals surface area contributed by atoms with Crippen LogP contribution in [0.25, 0.3) is 16.3 Å². The average Bonchev–Trinajstić information content (AvgIpc) is 2.92. The van der Waals surface area contributed by atoms with E-state index in [2.05, 4.69) is 4.74 Å². The van der Waals surface area contributed by atoms with Crippen LogP contribution in [0.15, 0.2) is 42.6 Å². The molecule has 3 rings (SSSR count). The quantitative estimate of drug-likeness (QED) is 0.535. The number of rotatable bonds is 2. The van der Waals surface area contributed by atoms with Gasteiger partial charge in [0.05, 0.1) is 18.2 Å². The highest BCUT2D eigenvalue weighted by molar-refractivity contribution is 6.14. The minimum Gasteiger partial charge on any atom is -0.464 e. The monoisotopic (exact) mass is 321 g/mol. The van der Waals surface area contributed by atoms with E-state index in [1.807, 2.05) is 0 Å². The van der Waals surface area contributed by atoms with Gasteiger partial charge in [0.15, 0.2) is 0 Å². The van der Waals surface area contributed by atoms with Crippen molar-refractivity contribution in [2.75, 3.05) is 7.11 Å². The molecule has 4 nitrogen and oxygen atoms in total. The number of fused-ring (bicyclic) bond motifs is 3. The van der Waals surface area contributed by atoms with Gasteiger partial charge in [-0.3, -0.25) is 4.79 Å². The summed E-state index contributed by atoms with van der Waals surface area (Å²) in [5, 5.41) is 1.10. The zero-order valence-electron chi connectivity index (χ0n) is 11.8. The van der Waals surface area contributed by atoms with Gasteiger partial charge in [0.2, 0.25) is 0 Å². The van der Waals surface area contributed by atoms with Crippen molar-refractivity contribution in [3.05, 3.63) is 53.9 Å². The number of hydrogen-bond acceptors (Lipinski definition) is 3. The molecule has 0 atom stereocenters. The van der Waals surface area contributed by atoms with Crippen molar-refractivity contribution in [1.29, 1.82) is 0 Å². The van der Waals surface area contributed by atoms with E-state index in [-0.39, 0.29) is 11.2 Å². The minimum absolute atomic E-state index is 0.0332. The van der Waals surface area contributed by atoms with Crippen molar-refractivity contribution in [1.82, 2.24) is 4.40 Å². The van der Waals surface area contributed by atoms with E-state index in [4.69, 9.17) is 0 Å². The van der Waals surface area contributed by atoms with Crippen molar-refractivity contribution < 1.29 is 27.5 Å². The second-order valence-electron chi connectivity index (χ2n) is 4.88. The van der Waals surface area contributed by atoms with E-state index in [0.717, 1.165) is 13.2 Å². The maximum absolute atomic E-state index is 12.9. The molecule has 0 aliphatic heterocycles. The summed E-state index contributed by atoms with van der Waals surface area (Å²) in [5.41, 5.74) is -0.679. The molecule has 0 saturated heterocycles. The molecule has 0 amide bonds. The third-order valence-corrected chi connectivity index (χ3v) is 3.55. The molecule has 2 aromatic heterocycles. The molecule has 118 valence electrons. The van der Waals surface area contributed by atoms with Crippen molar-refractivity contribution in [3.63, 3.8) is 0 Å². The first-order valence-electron chi connectivity index (χ1n) is 6.57. The molecule has 0 fully saturated rings. The lowest BCUT2D eigenvalue weighted by molar-refractivity contribution is -0.0884. The molecule has 1 aromatic carbocycles. The van der Waals surface area contributed by atoms with E-state index in [9.17, 15) is 22.8 Å². The van der Waals surface area contributed by atoms with Crippen LogP contribution < -0.4 is 0 Å². The average molecular weight is 321 g/mol. The summed E-state index contributed by atoms with van der Waals surface area (Å²) in [6.07, 6.45) is -3.59. The van der Waals surface area contributed by atoms with Gasteiger partial charge in [0.25, 0.3) is 5.78 Å². The molecule has 7 heteroatoms. The number of carbonyl (C=O) groups excluding carboxylic acids is 2. The van der Waals surface area contributed by atoms with Gasteiger partial charge in [-0.1, -0.05) is 24.3 Å². The maximum atomic E-state index is 12.9. The van der Waals surface area contributed by atoms with Gasteiger partial charge in [-0.05, 0) is 17.5 Å². The summed E-state index contributed by atoms with van der Waals surface area (Å²) in [5.74, 6) is -2.82. The molecule has 0 radical (unpaired) electrons. The molecule has 0 aliphatic rings. The number of benzene rings is 1. The topological polar surface area (TPSA) is 47.8 Å². The van der Waals surface area contributed by atoms with Crippen LogP contribution >= 0.6 is 0 Å². The van der Waals surface area contributed by atoms with E-state index in [1.165, 1.54) is 10.6 Å². The van der Waals surface area contributed by atoms with E-state index in [0.29, 0.717) is 10.8 Å². The molecule has 0 unspecified atom stereocenters. The summed E-state index contributed by atoms with van der Waals surface area (Å²) in [6.45, 7) is 0. The Morgan fingerprint density at radius 2 is 1.83 bits per heavy atom. The molecule has 23 heavy (non-hydrogen) atoms. The van der Waals surface area contributed by atoms with E-state index >= 15 is 0 Å². The molecule has 2 heterocycles. The van der Waals surface area contributed by atoms with Gasteiger partial charge in [0.1, 0.15) is 5.69 Å². The Bertz CT molecular complexity index is 941. The fourth-order valence-electron chi connectivity index (χ4n) is 2.55. The molecular weight excluding hydrogens is 311 g/mol. The number of aromatic nitrogens is 1. The van der Waals surface area contributed by atoms with Crippen LogP contribution in [0.2, 0.25) is 0 Å². The Balaban J connectivity index is 2.45. The Hall–Kier alpha value is -2.83. The number of pyridine rings is 1. The highest BCUT2D eigenvalue weighted by Crippen LogP contribution is 2.31. The first-order chi connectivity index (χ1) is 10.8. The SMILES string of the molecule is COC(=O)c1cc(C(=O)C(F)(F)F)c2c3ccccc3ccn12. The van der Waals surface area contributed by atoms with Crippen LogP contribution in [0.4, 0.5) is 13.2 Å². The van der Waals surface area contributed by atoms with Crippen LogP contribution in [-0.4, -0.2) is 29.4 Å². The minimum atomic E-state index is -5.04. The molecule has 0 bridgehead atoms. The molecule has 0 N–H and O–H groups in total. The van der Waals surface area contributed by atoms with Crippen LogP contribution in [0.3, 0.4) is 0 Å². The van der Waals surface area contributed by atoms with Gasteiger partial charge >= 0.3 is 12.1 Å². The summed E-state index contributed by atoms with van der Waals surface area (Å²) in [6, 6.07) is 9.25. The summed E-state index contributed by atoms with van der Waals surface area (Å²) < 4.78 is 44.5. The third kappa shape index (κ3) is 2.34. The van der Waals surface area contributed by atoms with Gasteiger partial charge in [0, 0.05) is 11.6 Å². The Morgan fingerprint density at radius 1 is 1.13 bits per heavy atom. The number of carbonyl (C=O) groups is 2. The second-order valence-corrected chi connectivity index (χ2v) is 4.88. The molecule has 0 spiro atoms. The second kappa shape index (κ2) is 5.12. The number of Topliss-reactive ketones (excluding diaryl/α,β-unsaturated/α-hetero) is 1. The fraction of sp³-hybridized carbons (Fsp3) is 0.125. The zero-order chi connectivity index (χ0) is 16.8. The number of nitrogens with zero attached hydrogens (tertiary/aromatic N) is 1. The predicted molar refractivity (Wildman–Crippen MR) is 76.6 cm³/mol. The molecular formula is C16H10F3NO3. The standard InChI is InChI=1S/C16H10F3NO3/c1-23-15(22)12-8-11(14(21)16(17,18)19)13-10-5-3-2-4-9(10)6-7-20(12)13/h2-8H,1H3. The number of esters is 1. The van der Waals surface area contributed by atoms with Crippen LogP contribution in [-0.2, 0) is 4.74 Å². The van der Waals surface area contributed by atoms with Gasteiger partial charge in [-0.2, -0.15) is 13.2 Å². The normalized spacial score (nSPS) is 11.8. The van der Waals surface area contributed by atoms with Crippen molar-refractivity contribution in [3.8, 4) is 0 Å². The largest absolute Gasteiger partial charge is 0.464 e. The highest BCUT2D eigenvalue weighted by atomic mass is 19.4. The summed E-state index contributed by atoms with van der Waals surface area (Å²) >= 11 is 0. The third-order valence-electron chi connectivity index (χ3n) is 3.55. The Kier molecular flexibility index (Phi) is 3.35. The lowest BCUT2D eigenvalue weighted by Crippen LogP contribution is -2.22. The van der Waals surface area contributed by atoms with Gasteiger partial charge in [-0.15, -0.1) is 0 Å². The summed E-state index contributed by atoms with van der Waals surface area (Å²) in [4.78, 5) is 23.6. The number of methoxy groups -OCH3 is 1. The molecule has 0 saturated carbocycles. The Morgan fingerprint density at radius 3 is 2.48 bits per heavy atom. The highest BCUT2D eigenvalue weighted by Gasteiger charge is 2.41. The van der Waals surface area contributed by atoms with Crippen LogP contribution in [0, 0.1) is 0 Å². The maximum Gasteiger partial charge on any atom is 0.454 e. The first kappa shape index (κ1) is 15.1. The fourth-order valence-corrected chi connectivity index (χ4v) is 2.55. The zero-order valence-corrected chi connectivity index (χ0v) is 11.8. The van der Waals surface area contributed by atoms with Crippen molar-refractivity contribution in [2.24, 2.45) is 0 Å². The number of ketones is 1. The number of halogens is 3. The lowest BCUT2D eigenvalue weighted by Gasteiger charge is -2.07. The molecule has 0 aliphatic carbocycles. The van der Waals surface area contributed by atoms with Crippen LogP contribution in [0.1, 0.15) is 20.8 Å². The predicted octanol–water partition coefficient (Wildman–Crippen LogP) is 3.62. The Labute approximate surface area is 128 Å². The van der Waals surface area contributed by atoms with Gasteiger partial charge < -0.3 is 9.14 Å². The summed E-state index contributed by atoms with van der Waals surface area (Å²) in [7, 11) is 1.12. The number of hydrogen-bond donors (Lipinski definition) is 0. The smallest absolute Gasteiger partial charge is 0.454 e. The van der Waals surface area contributed by atoms with Gasteiger partial charge in [-0.25, -0.2) is 4.79 Å². The lowest BCUT2D eigenvalue weighted by atomic mass is 10.1.